The summed E-state index contributed by atoms with van der Waals surface area (Å²) in [5.74, 6) is 1.08. The first-order valence-electron chi connectivity index (χ1n) is 9.87. The van der Waals surface area contributed by atoms with E-state index in [2.05, 4.69) is 28.8 Å². The fourth-order valence-electron chi connectivity index (χ4n) is 4.11. The van der Waals surface area contributed by atoms with Gasteiger partial charge in [-0.15, -0.1) is 0 Å². The maximum atomic E-state index is 12.4. The molecule has 4 aromatic rings. The zero-order valence-corrected chi connectivity index (χ0v) is 16.3. The Labute approximate surface area is 168 Å². The first kappa shape index (κ1) is 17.8. The van der Waals surface area contributed by atoms with E-state index in [0.717, 1.165) is 41.1 Å². The molecule has 146 valence electrons. The van der Waals surface area contributed by atoms with Crippen LogP contribution in [0.5, 0.6) is 0 Å². The molecule has 0 fully saturated rings. The van der Waals surface area contributed by atoms with Crippen molar-refractivity contribution in [1.82, 2.24) is 19.1 Å². The minimum Gasteiger partial charge on any atom is -0.383 e. The van der Waals surface area contributed by atoms with Gasteiger partial charge in [-0.1, -0.05) is 30.3 Å². The molecule has 0 saturated heterocycles. The summed E-state index contributed by atoms with van der Waals surface area (Å²) in [4.78, 5) is 22.1. The summed E-state index contributed by atoms with van der Waals surface area (Å²) >= 11 is 0. The fraction of sp³-hybridized carbons (Fsp3) is 0.261. The average Bonchev–Trinajstić information content (AvgIpc) is 3.32. The molecule has 1 atom stereocenters. The van der Waals surface area contributed by atoms with Crippen molar-refractivity contribution in [1.29, 1.82) is 0 Å². The van der Waals surface area contributed by atoms with Crippen LogP contribution >= 0.6 is 0 Å². The number of benzene rings is 1. The Morgan fingerprint density at radius 3 is 2.76 bits per heavy atom. The lowest BCUT2D eigenvalue weighted by Crippen LogP contribution is -2.20. The first-order valence-corrected chi connectivity index (χ1v) is 9.87. The molecule has 3 aromatic heterocycles. The highest BCUT2D eigenvalue weighted by Gasteiger charge is 2.27. The van der Waals surface area contributed by atoms with Crippen LogP contribution in [0.3, 0.4) is 0 Å². The molecule has 0 amide bonds. The standard InChI is InChI=1S/C23H22N4O2/c1-29-14-13-26-12-11-17(15-22(26)28)18-7-8-19-23(25-18)27-20(9-10-21(27)24-19)16-5-3-2-4-6-16/h2-8,11-12,15,20H,9-10,13-14H2,1H3/t20-/m1/s1. The van der Waals surface area contributed by atoms with Crippen molar-refractivity contribution < 1.29 is 4.74 Å². The fourth-order valence-corrected chi connectivity index (χ4v) is 4.11. The van der Waals surface area contributed by atoms with Gasteiger partial charge in [-0.05, 0) is 30.2 Å². The number of rotatable bonds is 5. The van der Waals surface area contributed by atoms with Crippen LogP contribution in [0.15, 0.2) is 65.6 Å². The van der Waals surface area contributed by atoms with E-state index >= 15 is 0 Å². The number of imidazole rings is 1. The molecule has 0 N–H and O–H groups in total. The van der Waals surface area contributed by atoms with Crippen LogP contribution in [0, 0.1) is 0 Å². The molecule has 6 nitrogen and oxygen atoms in total. The van der Waals surface area contributed by atoms with E-state index in [-0.39, 0.29) is 11.6 Å². The third-order valence-corrected chi connectivity index (χ3v) is 5.58. The lowest BCUT2D eigenvalue weighted by Gasteiger charge is -2.14. The molecule has 0 aliphatic carbocycles. The van der Waals surface area contributed by atoms with E-state index in [4.69, 9.17) is 14.7 Å². The Balaban J connectivity index is 1.56. The molecule has 0 unspecified atom stereocenters. The second-order valence-electron chi connectivity index (χ2n) is 7.34. The number of ether oxygens (including phenoxy) is 1. The van der Waals surface area contributed by atoms with Gasteiger partial charge in [0, 0.05) is 37.9 Å². The Morgan fingerprint density at radius 2 is 1.97 bits per heavy atom. The molecule has 0 saturated carbocycles. The second-order valence-corrected chi connectivity index (χ2v) is 7.34. The summed E-state index contributed by atoms with van der Waals surface area (Å²) in [6.45, 7) is 1.04. The number of nitrogens with zero attached hydrogens (tertiary/aromatic N) is 4. The van der Waals surface area contributed by atoms with Crippen molar-refractivity contribution in [2.45, 2.75) is 25.4 Å². The molecule has 1 aliphatic heterocycles. The maximum absolute atomic E-state index is 12.4. The van der Waals surface area contributed by atoms with Gasteiger partial charge in [0.25, 0.3) is 5.56 Å². The Hall–Kier alpha value is -3.25. The summed E-state index contributed by atoms with van der Waals surface area (Å²) in [5, 5.41) is 0. The largest absolute Gasteiger partial charge is 0.383 e. The van der Waals surface area contributed by atoms with Crippen molar-refractivity contribution in [3.8, 4) is 11.3 Å². The lowest BCUT2D eigenvalue weighted by molar-refractivity contribution is 0.186. The zero-order valence-electron chi connectivity index (χ0n) is 16.3. The normalized spacial score (nSPS) is 15.7. The molecule has 5 rings (SSSR count). The molecule has 0 spiro atoms. The van der Waals surface area contributed by atoms with Gasteiger partial charge in [-0.3, -0.25) is 4.79 Å². The van der Waals surface area contributed by atoms with Crippen LogP contribution in [0.4, 0.5) is 0 Å². The van der Waals surface area contributed by atoms with Crippen molar-refractivity contribution in [2.75, 3.05) is 13.7 Å². The average molecular weight is 386 g/mol. The predicted octanol–water partition coefficient (Wildman–Crippen LogP) is 3.44. The van der Waals surface area contributed by atoms with Gasteiger partial charge >= 0.3 is 0 Å². The third kappa shape index (κ3) is 3.15. The first-order chi connectivity index (χ1) is 14.2. The highest BCUT2D eigenvalue weighted by Crippen LogP contribution is 2.35. The molecule has 1 aromatic carbocycles. The minimum absolute atomic E-state index is 0.0536. The van der Waals surface area contributed by atoms with E-state index < -0.39 is 0 Å². The van der Waals surface area contributed by atoms with Gasteiger partial charge in [0.15, 0.2) is 5.65 Å². The number of fused-ring (bicyclic) bond motifs is 3. The maximum Gasteiger partial charge on any atom is 0.251 e. The Morgan fingerprint density at radius 1 is 1.10 bits per heavy atom. The molecule has 0 bridgehead atoms. The topological polar surface area (TPSA) is 61.9 Å². The quantitative estimate of drug-likeness (QED) is 0.527. The summed E-state index contributed by atoms with van der Waals surface area (Å²) in [6.07, 6.45) is 3.78. The van der Waals surface area contributed by atoms with E-state index in [9.17, 15) is 4.79 Å². The summed E-state index contributed by atoms with van der Waals surface area (Å²) in [6, 6.07) is 18.3. The molecule has 0 radical (unpaired) electrons. The lowest BCUT2D eigenvalue weighted by atomic mass is 10.0. The monoisotopic (exact) mass is 386 g/mol. The Bertz CT molecular complexity index is 1230. The van der Waals surface area contributed by atoms with Crippen LogP contribution in [0.25, 0.3) is 22.4 Å². The van der Waals surface area contributed by atoms with Crippen LogP contribution in [0.1, 0.15) is 23.9 Å². The van der Waals surface area contributed by atoms with Crippen LogP contribution in [-0.2, 0) is 17.7 Å². The number of hydrogen-bond acceptors (Lipinski definition) is 4. The molecule has 29 heavy (non-hydrogen) atoms. The minimum atomic E-state index is -0.0536. The highest BCUT2D eigenvalue weighted by atomic mass is 16.5. The number of pyridine rings is 2. The van der Waals surface area contributed by atoms with Gasteiger partial charge < -0.3 is 13.9 Å². The van der Waals surface area contributed by atoms with E-state index in [1.54, 1.807) is 23.9 Å². The van der Waals surface area contributed by atoms with E-state index in [1.807, 2.05) is 24.3 Å². The molecular formula is C23H22N4O2. The number of aromatic nitrogens is 4. The summed E-state index contributed by atoms with van der Waals surface area (Å²) in [7, 11) is 1.63. The van der Waals surface area contributed by atoms with Crippen LogP contribution in [-0.4, -0.2) is 32.8 Å². The van der Waals surface area contributed by atoms with Gasteiger partial charge in [0.05, 0.1) is 18.3 Å². The zero-order chi connectivity index (χ0) is 19.8. The van der Waals surface area contributed by atoms with Crippen molar-refractivity contribution in [2.24, 2.45) is 0 Å². The highest BCUT2D eigenvalue weighted by molar-refractivity contribution is 5.76. The number of methoxy groups -OCH3 is 1. The van der Waals surface area contributed by atoms with Crippen LogP contribution in [0.2, 0.25) is 0 Å². The molecule has 1 aliphatic rings. The summed E-state index contributed by atoms with van der Waals surface area (Å²) in [5.41, 5.74) is 4.61. The van der Waals surface area contributed by atoms with Crippen molar-refractivity contribution in [3.05, 3.63) is 82.5 Å². The van der Waals surface area contributed by atoms with E-state index in [0.29, 0.717) is 13.2 Å². The number of hydrogen-bond donors (Lipinski definition) is 0. The van der Waals surface area contributed by atoms with Crippen LogP contribution < -0.4 is 5.56 Å². The van der Waals surface area contributed by atoms with Gasteiger partial charge in [-0.25, -0.2) is 9.97 Å². The molecule has 4 heterocycles. The van der Waals surface area contributed by atoms with Crippen molar-refractivity contribution in [3.63, 3.8) is 0 Å². The van der Waals surface area contributed by atoms with Gasteiger partial charge in [0.1, 0.15) is 11.3 Å². The second kappa shape index (κ2) is 7.29. The van der Waals surface area contributed by atoms with Gasteiger partial charge in [-0.2, -0.15) is 0 Å². The SMILES string of the molecule is COCCn1ccc(-c2ccc3nc4n(c3n2)[C@@H](c2ccccc2)CC4)cc1=O. The number of aryl methyl sites for hydroxylation is 1. The third-order valence-electron chi connectivity index (χ3n) is 5.58. The van der Waals surface area contributed by atoms with Crippen molar-refractivity contribution >= 4 is 11.2 Å². The van der Waals surface area contributed by atoms with Gasteiger partial charge in [0.2, 0.25) is 0 Å². The smallest absolute Gasteiger partial charge is 0.251 e. The Kier molecular flexibility index (Phi) is 4.48. The molecule has 6 heteroatoms. The molecular weight excluding hydrogens is 364 g/mol. The van der Waals surface area contributed by atoms with E-state index in [1.165, 1.54) is 5.56 Å². The summed E-state index contributed by atoms with van der Waals surface area (Å²) < 4.78 is 8.97. The predicted molar refractivity (Wildman–Crippen MR) is 112 cm³/mol.